The molecule has 0 spiro atoms. The zero-order chi connectivity index (χ0) is 45.0. The molecule has 0 saturated carbocycles. The van der Waals surface area contributed by atoms with E-state index in [1.165, 1.54) is 7.11 Å². The molecule has 2 heterocycles. The van der Waals surface area contributed by atoms with Crippen molar-refractivity contribution in [2.75, 3.05) is 20.2 Å². The molecule has 65 heavy (non-hydrogen) atoms. The normalized spacial score (nSPS) is 14.8. The number of amides is 2. The van der Waals surface area contributed by atoms with E-state index in [0.29, 0.717) is 25.3 Å². The van der Waals surface area contributed by atoms with Crippen LogP contribution in [0.1, 0.15) is 66.8 Å². The Bertz CT molecular complexity index is 2540. The van der Waals surface area contributed by atoms with E-state index in [4.69, 9.17) is 19.8 Å². The Kier molecular flexibility index (Phi) is 14.2. The second-order valence-corrected chi connectivity index (χ2v) is 16.5. The van der Waals surface area contributed by atoms with Crippen LogP contribution in [0.15, 0.2) is 170 Å². The van der Waals surface area contributed by atoms with Crippen LogP contribution in [-0.2, 0) is 37.8 Å². The summed E-state index contributed by atoms with van der Waals surface area (Å²) in [5.41, 5.74) is 6.70. The van der Waals surface area contributed by atoms with Crippen LogP contribution in [0.5, 0.6) is 0 Å². The lowest BCUT2D eigenvalue weighted by Gasteiger charge is -2.36. The number of methoxy groups -OCH3 is 1. The number of urea groups is 1. The van der Waals surface area contributed by atoms with Crippen LogP contribution >= 0.6 is 0 Å². The van der Waals surface area contributed by atoms with E-state index in [1.807, 2.05) is 119 Å². The third-order valence-electron chi connectivity index (χ3n) is 12.3. The molecule has 11 heteroatoms. The number of benzene rings is 6. The van der Waals surface area contributed by atoms with Crippen molar-refractivity contribution in [1.82, 2.24) is 30.0 Å². The van der Waals surface area contributed by atoms with Crippen molar-refractivity contribution >= 4 is 18.0 Å². The number of nitrogens with zero attached hydrogens (tertiary/aromatic N) is 6. The van der Waals surface area contributed by atoms with Gasteiger partial charge in [0.15, 0.2) is 5.82 Å². The quantitative estimate of drug-likeness (QED) is 0.0504. The number of hydrogen-bond acceptors (Lipinski definition) is 8. The van der Waals surface area contributed by atoms with Crippen molar-refractivity contribution in [3.05, 3.63) is 198 Å². The summed E-state index contributed by atoms with van der Waals surface area (Å²) in [6.45, 7) is 3.40. The fraction of sp³-hybridized carbons (Fsp3) is 0.259. The highest BCUT2D eigenvalue weighted by Crippen LogP contribution is 2.43. The van der Waals surface area contributed by atoms with Gasteiger partial charge in [-0.2, -0.15) is 0 Å². The van der Waals surface area contributed by atoms with Gasteiger partial charge < -0.3 is 19.3 Å². The first-order valence-corrected chi connectivity index (χ1v) is 22.4. The number of carbonyl (C=O) groups is 3. The smallest absolute Gasteiger partial charge is 0.328 e. The summed E-state index contributed by atoms with van der Waals surface area (Å²) in [5.74, 6) is -0.503. The fourth-order valence-corrected chi connectivity index (χ4v) is 9.08. The van der Waals surface area contributed by atoms with Crippen molar-refractivity contribution in [3.8, 4) is 22.5 Å². The Morgan fingerprint density at radius 2 is 1.26 bits per heavy atom. The minimum atomic E-state index is -0.915. The van der Waals surface area contributed by atoms with Crippen LogP contribution in [0.25, 0.3) is 22.5 Å². The lowest BCUT2D eigenvalue weighted by Crippen LogP contribution is -2.48. The topological polar surface area (TPSA) is 120 Å². The predicted molar refractivity (Wildman–Crippen MR) is 250 cm³/mol. The molecule has 2 atom stereocenters. The average molecular weight is 867 g/mol. The molecule has 6 aromatic carbocycles. The number of hydrogen-bond donors (Lipinski definition) is 0. The van der Waals surface area contributed by atoms with E-state index in [0.717, 1.165) is 63.8 Å². The second-order valence-electron chi connectivity index (χ2n) is 16.5. The Morgan fingerprint density at radius 1 is 0.692 bits per heavy atom. The predicted octanol–water partition coefficient (Wildman–Crippen LogP) is 9.96. The average Bonchev–Trinajstić information content (AvgIpc) is 4.03. The minimum absolute atomic E-state index is 0.0982. The molecule has 0 bridgehead atoms. The van der Waals surface area contributed by atoms with Gasteiger partial charge in [-0.25, -0.2) is 14.3 Å². The van der Waals surface area contributed by atoms with E-state index in [1.54, 1.807) is 4.90 Å². The maximum absolute atomic E-state index is 14.5. The van der Waals surface area contributed by atoms with Gasteiger partial charge in [0.05, 0.1) is 13.5 Å². The van der Waals surface area contributed by atoms with Gasteiger partial charge in [0.25, 0.3) is 0 Å². The molecule has 1 fully saturated rings. The first-order valence-electron chi connectivity index (χ1n) is 22.4. The molecule has 8 rings (SSSR count). The van der Waals surface area contributed by atoms with Crippen LogP contribution in [-0.4, -0.2) is 74.2 Å². The van der Waals surface area contributed by atoms with Gasteiger partial charge in [0, 0.05) is 25.2 Å². The lowest BCUT2D eigenvalue weighted by molar-refractivity contribution is -0.147. The van der Waals surface area contributed by atoms with Gasteiger partial charge in [-0.3, -0.25) is 4.79 Å². The number of aromatic nitrogens is 4. The first-order chi connectivity index (χ1) is 31.9. The van der Waals surface area contributed by atoms with Gasteiger partial charge in [-0.15, -0.1) is 5.10 Å². The van der Waals surface area contributed by atoms with E-state index >= 15 is 0 Å². The Balaban J connectivity index is 1.07. The van der Waals surface area contributed by atoms with Gasteiger partial charge in [-0.05, 0) is 68.1 Å². The summed E-state index contributed by atoms with van der Waals surface area (Å²) >= 11 is 0. The lowest BCUT2D eigenvalue weighted by atomic mass is 9.77. The summed E-state index contributed by atoms with van der Waals surface area (Å²) in [5, 5.41) is 13.8. The number of unbranched alkanes of at least 4 members (excludes halogenated alkanes) is 2. The molecular weight excluding hydrogens is 813 g/mol. The summed E-state index contributed by atoms with van der Waals surface area (Å²) in [6, 6.07) is 55.8. The third-order valence-corrected chi connectivity index (χ3v) is 12.3. The summed E-state index contributed by atoms with van der Waals surface area (Å²) < 4.78 is 12.7. The van der Waals surface area contributed by atoms with Crippen molar-refractivity contribution in [2.45, 2.75) is 63.8 Å². The summed E-state index contributed by atoms with van der Waals surface area (Å²) in [7, 11) is 1.33. The Morgan fingerprint density at radius 3 is 1.85 bits per heavy atom. The molecule has 11 nitrogen and oxygen atoms in total. The Hall–Kier alpha value is -7.40. The fourth-order valence-electron chi connectivity index (χ4n) is 9.08. The third kappa shape index (κ3) is 9.74. The molecule has 1 aliphatic heterocycles. The molecular formula is C54H54N6O5. The number of likely N-dealkylation sites (tertiary alicyclic amines) is 1. The highest BCUT2D eigenvalue weighted by molar-refractivity contribution is 5.85. The molecule has 330 valence electrons. The molecule has 7 aromatic rings. The van der Waals surface area contributed by atoms with Crippen LogP contribution in [0.2, 0.25) is 0 Å². The van der Waals surface area contributed by atoms with Crippen LogP contribution in [0.4, 0.5) is 4.79 Å². The van der Waals surface area contributed by atoms with Crippen LogP contribution < -0.4 is 0 Å². The van der Waals surface area contributed by atoms with Crippen LogP contribution in [0.3, 0.4) is 0 Å². The molecule has 0 unspecified atom stereocenters. The van der Waals surface area contributed by atoms with Gasteiger partial charge >= 0.3 is 18.0 Å². The van der Waals surface area contributed by atoms with Crippen molar-refractivity contribution in [2.24, 2.45) is 5.92 Å². The van der Waals surface area contributed by atoms with Crippen molar-refractivity contribution in [3.63, 3.8) is 0 Å². The van der Waals surface area contributed by atoms with E-state index in [2.05, 4.69) is 72.8 Å². The highest BCUT2D eigenvalue weighted by Gasteiger charge is 2.44. The van der Waals surface area contributed by atoms with Gasteiger partial charge in [0.1, 0.15) is 18.2 Å². The maximum Gasteiger partial charge on any atom is 0.328 e. The summed E-state index contributed by atoms with van der Waals surface area (Å²) in [6.07, 6.45) is 3.17. The first kappa shape index (κ1) is 44.2. The van der Waals surface area contributed by atoms with E-state index in [9.17, 15) is 14.4 Å². The van der Waals surface area contributed by atoms with E-state index in [-0.39, 0.29) is 37.5 Å². The maximum atomic E-state index is 14.5. The SMILES string of the molecule is CCCCCN(Cc1ccc(-c2ccccc2-c2nnnn2C(c2ccccc2)(c2ccccc2)c2ccccc2)cc1)C(=O)N1C[C@@H](CC(=O)OCc2ccccc2)C[C@H]1C(=O)OC. The molecule has 0 N–H and O–H groups in total. The zero-order valence-electron chi connectivity index (χ0n) is 36.9. The molecule has 0 aliphatic carbocycles. The highest BCUT2D eigenvalue weighted by atomic mass is 16.5. The molecule has 0 radical (unpaired) electrons. The summed E-state index contributed by atoms with van der Waals surface area (Å²) in [4.78, 5) is 44.0. The van der Waals surface area contributed by atoms with Gasteiger partial charge in [0.2, 0.25) is 0 Å². The molecule has 1 aromatic heterocycles. The number of carbonyl (C=O) groups excluding carboxylic acids is 3. The molecule has 2 amide bonds. The van der Waals surface area contributed by atoms with E-state index < -0.39 is 17.6 Å². The van der Waals surface area contributed by atoms with Gasteiger partial charge in [-0.1, -0.05) is 190 Å². The largest absolute Gasteiger partial charge is 0.467 e. The monoisotopic (exact) mass is 866 g/mol. The molecule has 1 saturated heterocycles. The second kappa shape index (κ2) is 20.9. The van der Waals surface area contributed by atoms with Crippen LogP contribution in [0, 0.1) is 5.92 Å². The Labute approximate surface area is 380 Å². The zero-order valence-corrected chi connectivity index (χ0v) is 36.9. The number of esters is 2. The van der Waals surface area contributed by atoms with Crippen molar-refractivity contribution in [1.29, 1.82) is 0 Å². The van der Waals surface area contributed by atoms with Crippen molar-refractivity contribution < 1.29 is 23.9 Å². The standard InChI is InChI=1S/C54H54N6O5/c1-3-4-19-34-58(53(63)59-38-42(35-49(59)52(62)64-2)36-50(61)65-39-41-20-9-5-10-21-41)37-40-30-32-43(33-31-40)47-28-17-18-29-48(47)51-55-56-57-60(51)54(44-22-11-6-12-23-44,45-24-13-7-14-25-45)46-26-15-8-16-27-46/h5-18,20-33,42,49H,3-4,19,34-39H2,1-2H3/t42-,49+/m1/s1. The number of tetrazole rings is 1. The number of rotatable bonds is 17. The molecule has 1 aliphatic rings. The number of ether oxygens (including phenoxy) is 2. The minimum Gasteiger partial charge on any atom is -0.467 e.